The number of nitrogens with one attached hydrogen (secondary N) is 1. The van der Waals surface area contributed by atoms with Crippen molar-refractivity contribution in [1.29, 1.82) is 0 Å². The second-order valence-corrected chi connectivity index (χ2v) is 6.29. The summed E-state index contributed by atoms with van der Waals surface area (Å²) in [6, 6.07) is 2.49. The van der Waals surface area contributed by atoms with Crippen LogP contribution in [0.15, 0.2) is 18.6 Å². The van der Waals surface area contributed by atoms with Crippen molar-refractivity contribution in [3.63, 3.8) is 0 Å². The number of aryl methyl sites for hydroxylation is 2. The molecule has 1 saturated heterocycles. The molecule has 4 rings (SSSR count). The highest BCUT2D eigenvalue weighted by molar-refractivity contribution is 5.49. The van der Waals surface area contributed by atoms with Gasteiger partial charge in [0.25, 0.3) is 0 Å². The van der Waals surface area contributed by atoms with Crippen LogP contribution in [0.3, 0.4) is 0 Å². The third-order valence-electron chi connectivity index (χ3n) is 4.55. The molecule has 2 aliphatic heterocycles. The number of nitrogens with zero attached hydrogens (tertiary/aromatic N) is 5. The molecule has 0 saturated carbocycles. The summed E-state index contributed by atoms with van der Waals surface area (Å²) in [6.07, 6.45) is 8.45. The molecule has 1 fully saturated rings. The Balaban J connectivity index is 1.46. The quantitative estimate of drug-likeness (QED) is 0.939. The minimum absolute atomic E-state index is 0.405. The summed E-state index contributed by atoms with van der Waals surface area (Å²) in [4.78, 5) is 15.7. The third kappa shape index (κ3) is 2.65. The van der Waals surface area contributed by atoms with E-state index >= 15 is 0 Å². The first kappa shape index (κ1) is 13.5. The second-order valence-electron chi connectivity index (χ2n) is 6.29. The van der Waals surface area contributed by atoms with E-state index in [1.54, 1.807) is 6.33 Å². The van der Waals surface area contributed by atoms with Crippen LogP contribution in [-0.2, 0) is 13.0 Å². The standard InChI is InChI=1S/C16H22N6/c1-12-9-22-10-13(4-5-15(22)19-12)20-14-8-16(18-11-17-14)21-6-2-3-7-21/h8-9,11,13H,2-7,10H2,1H3,(H,17,18,20). The van der Waals surface area contributed by atoms with Crippen LogP contribution in [0.2, 0.25) is 0 Å². The van der Waals surface area contributed by atoms with Crippen molar-refractivity contribution >= 4 is 11.6 Å². The van der Waals surface area contributed by atoms with Crippen LogP contribution >= 0.6 is 0 Å². The van der Waals surface area contributed by atoms with Gasteiger partial charge in [-0.2, -0.15) is 0 Å². The Morgan fingerprint density at radius 1 is 1.23 bits per heavy atom. The molecule has 6 nitrogen and oxygen atoms in total. The number of aromatic nitrogens is 4. The van der Waals surface area contributed by atoms with Gasteiger partial charge in [-0.15, -0.1) is 0 Å². The van der Waals surface area contributed by atoms with E-state index in [2.05, 4.69) is 48.9 Å². The maximum atomic E-state index is 4.56. The van der Waals surface area contributed by atoms with E-state index in [1.807, 2.05) is 0 Å². The predicted molar refractivity (Wildman–Crippen MR) is 86.2 cm³/mol. The fourth-order valence-electron chi connectivity index (χ4n) is 3.46. The van der Waals surface area contributed by atoms with Crippen LogP contribution in [0.25, 0.3) is 0 Å². The van der Waals surface area contributed by atoms with Crippen LogP contribution < -0.4 is 10.2 Å². The zero-order chi connectivity index (χ0) is 14.9. The summed E-state index contributed by atoms with van der Waals surface area (Å²) in [7, 11) is 0. The van der Waals surface area contributed by atoms with Gasteiger partial charge in [0.1, 0.15) is 23.8 Å². The molecule has 0 aromatic carbocycles. The van der Waals surface area contributed by atoms with Gasteiger partial charge in [-0.3, -0.25) is 0 Å². The lowest BCUT2D eigenvalue weighted by Gasteiger charge is -2.25. The van der Waals surface area contributed by atoms with Crippen molar-refractivity contribution in [2.75, 3.05) is 23.3 Å². The van der Waals surface area contributed by atoms with E-state index < -0.39 is 0 Å². The molecule has 2 aromatic heterocycles. The molecular formula is C16H22N6. The van der Waals surface area contributed by atoms with E-state index in [0.29, 0.717) is 6.04 Å². The van der Waals surface area contributed by atoms with Gasteiger partial charge in [0, 0.05) is 44.4 Å². The van der Waals surface area contributed by atoms with E-state index in [-0.39, 0.29) is 0 Å². The summed E-state index contributed by atoms with van der Waals surface area (Å²) in [5.74, 6) is 3.18. The Labute approximate surface area is 130 Å². The number of fused-ring (bicyclic) bond motifs is 1. The molecule has 22 heavy (non-hydrogen) atoms. The minimum Gasteiger partial charge on any atom is -0.365 e. The van der Waals surface area contributed by atoms with Crippen molar-refractivity contribution < 1.29 is 0 Å². The van der Waals surface area contributed by atoms with Gasteiger partial charge in [0.15, 0.2) is 0 Å². The molecule has 0 bridgehead atoms. The third-order valence-corrected chi connectivity index (χ3v) is 4.55. The highest BCUT2D eigenvalue weighted by atomic mass is 15.2. The monoisotopic (exact) mass is 298 g/mol. The van der Waals surface area contributed by atoms with Crippen molar-refractivity contribution in [3.8, 4) is 0 Å². The second kappa shape index (κ2) is 5.59. The molecule has 116 valence electrons. The predicted octanol–water partition coefficient (Wildman–Crippen LogP) is 2.01. The lowest BCUT2D eigenvalue weighted by Crippen LogP contribution is -2.31. The van der Waals surface area contributed by atoms with Crippen LogP contribution in [-0.4, -0.2) is 38.7 Å². The maximum absolute atomic E-state index is 4.56. The minimum atomic E-state index is 0.405. The molecular weight excluding hydrogens is 276 g/mol. The lowest BCUT2D eigenvalue weighted by molar-refractivity contribution is 0.475. The lowest BCUT2D eigenvalue weighted by atomic mass is 10.1. The summed E-state index contributed by atoms with van der Waals surface area (Å²) in [5.41, 5.74) is 1.11. The molecule has 0 radical (unpaired) electrons. The first-order chi connectivity index (χ1) is 10.8. The summed E-state index contributed by atoms with van der Waals surface area (Å²) >= 11 is 0. The number of anilines is 2. The Bertz CT molecular complexity index is 658. The first-order valence-electron chi connectivity index (χ1n) is 8.14. The summed E-state index contributed by atoms with van der Waals surface area (Å²) in [5, 5.41) is 3.57. The van der Waals surface area contributed by atoms with Crippen molar-refractivity contribution in [1.82, 2.24) is 19.5 Å². The topological polar surface area (TPSA) is 58.9 Å². The van der Waals surface area contributed by atoms with Crippen molar-refractivity contribution in [3.05, 3.63) is 30.1 Å². The molecule has 2 aromatic rings. The zero-order valence-corrected chi connectivity index (χ0v) is 13.0. The largest absolute Gasteiger partial charge is 0.365 e. The Kier molecular flexibility index (Phi) is 3.44. The smallest absolute Gasteiger partial charge is 0.134 e. The molecule has 6 heteroatoms. The van der Waals surface area contributed by atoms with Crippen LogP contribution in [0.1, 0.15) is 30.8 Å². The van der Waals surface area contributed by atoms with Crippen LogP contribution in [0, 0.1) is 6.92 Å². The fraction of sp³-hybridized carbons (Fsp3) is 0.562. The molecule has 0 spiro atoms. The highest BCUT2D eigenvalue weighted by Crippen LogP contribution is 2.22. The Morgan fingerprint density at radius 3 is 2.95 bits per heavy atom. The molecule has 1 N–H and O–H groups in total. The van der Waals surface area contributed by atoms with Gasteiger partial charge in [-0.25, -0.2) is 15.0 Å². The van der Waals surface area contributed by atoms with Gasteiger partial charge >= 0.3 is 0 Å². The molecule has 1 unspecified atom stereocenters. The molecule has 0 aliphatic carbocycles. The van der Waals surface area contributed by atoms with Crippen molar-refractivity contribution in [2.24, 2.45) is 0 Å². The van der Waals surface area contributed by atoms with Gasteiger partial charge in [0.05, 0.1) is 5.69 Å². The average Bonchev–Trinajstić information content (AvgIpc) is 3.15. The number of rotatable bonds is 3. The van der Waals surface area contributed by atoms with Gasteiger partial charge in [-0.1, -0.05) is 0 Å². The van der Waals surface area contributed by atoms with E-state index in [0.717, 1.165) is 49.8 Å². The number of hydrogen-bond donors (Lipinski definition) is 1. The molecule has 2 aliphatic rings. The van der Waals surface area contributed by atoms with E-state index in [4.69, 9.17) is 0 Å². The van der Waals surface area contributed by atoms with E-state index in [1.165, 1.54) is 18.7 Å². The van der Waals surface area contributed by atoms with Crippen molar-refractivity contribution in [2.45, 2.75) is 45.2 Å². The molecule has 4 heterocycles. The van der Waals surface area contributed by atoms with Crippen LogP contribution in [0.5, 0.6) is 0 Å². The summed E-state index contributed by atoms with van der Waals surface area (Å²) in [6.45, 7) is 5.23. The fourth-order valence-corrected chi connectivity index (χ4v) is 3.46. The van der Waals surface area contributed by atoms with E-state index in [9.17, 15) is 0 Å². The zero-order valence-electron chi connectivity index (χ0n) is 13.0. The van der Waals surface area contributed by atoms with Gasteiger partial charge in [0.2, 0.25) is 0 Å². The number of hydrogen-bond acceptors (Lipinski definition) is 5. The molecule has 1 atom stereocenters. The van der Waals surface area contributed by atoms with Crippen LogP contribution in [0.4, 0.5) is 11.6 Å². The SMILES string of the molecule is Cc1cn2c(n1)CCC(Nc1cc(N3CCCC3)ncn1)C2. The number of imidazole rings is 1. The first-order valence-corrected chi connectivity index (χ1v) is 8.14. The average molecular weight is 298 g/mol. The Hall–Kier alpha value is -2.11. The molecule has 0 amide bonds. The highest BCUT2D eigenvalue weighted by Gasteiger charge is 2.20. The maximum Gasteiger partial charge on any atom is 0.134 e. The normalized spacial score (nSPS) is 21.0. The van der Waals surface area contributed by atoms with Gasteiger partial charge < -0.3 is 14.8 Å². The summed E-state index contributed by atoms with van der Waals surface area (Å²) < 4.78 is 2.26. The Morgan fingerprint density at radius 2 is 2.09 bits per heavy atom. The van der Waals surface area contributed by atoms with Gasteiger partial charge in [-0.05, 0) is 26.2 Å².